The van der Waals surface area contributed by atoms with Crippen molar-refractivity contribution in [3.05, 3.63) is 82.3 Å². The summed E-state index contributed by atoms with van der Waals surface area (Å²) in [6.07, 6.45) is 1.02. The van der Waals surface area contributed by atoms with E-state index in [9.17, 15) is 9.59 Å². The van der Waals surface area contributed by atoms with Crippen molar-refractivity contribution in [2.24, 2.45) is 7.05 Å². The summed E-state index contributed by atoms with van der Waals surface area (Å²) in [5.41, 5.74) is 1.68. The fourth-order valence-corrected chi connectivity index (χ4v) is 3.83. The van der Waals surface area contributed by atoms with Crippen LogP contribution in [0.3, 0.4) is 0 Å². The van der Waals surface area contributed by atoms with Crippen molar-refractivity contribution in [2.75, 3.05) is 32.7 Å². The number of nitrogens with zero attached hydrogens (tertiary/aromatic N) is 3. The van der Waals surface area contributed by atoms with Crippen LogP contribution in [-0.4, -0.2) is 53.0 Å². The lowest BCUT2D eigenvalue weighted by atomic mass is 10.1. The molecule has 1 fully saturated rings. The van der Waals surface area contributed by atoms with Gasteiger partial charge in [-0.3, -0.25) is 14.5 Å². The van der Waals surface area contributed by atoms with E-state index in [1.165, 1.54) is 10.1 Å². The smallest absolute Gasteiger partial charge is 0.270 e. The van der Waals surface area contributed by atoms with Crippen molar-refractivity contribution in [1.29, 1.82) is 0 Å². The van der Waals surface area contributed by atoms with Gasteiger partial charge in [-0.15, -0.1) is 0 Å². The van der Waals surface area contributed by atoms with Crippen molar-refractivity contribution < 1.29 is 4.79 Å². The first-order valence-corrected chi connectivity index (χ1v) is 9.78. The van der Waals surface area contributed by atoms with Crippen LogP contribution in [0.1, 0.15) is 16.1 Å². The Morgan fingerprint density at radius 3 is 2.36 bits per heavy atom. The van der Waals surface area contributed by atoms with Crippen LogP contribution in [0.15, 0.2) is 65.5 Å². The Balaban J connectivity index is 1.42. The molecule has 0 saturated carbocycles. The van der Waals surface area contributed by atoms with Gasteiger partial charge in [0, 0.05) is 45.2 Å². The molecular formula is C23H25N3O2. The highest BCUT2D eigenvalue weighted by Gasteiger charge is 2.24. The van der Waals surface area contributed by atoms with Gasteiger partial charge in [0.05, 0.1) is 0 Å². The van der Waals surface area contributed by atoms with Gasteiger partial charge in [-0.05, 0) is 29.5 Å². The van der Waals surface area contributed by atoms with E-state index in [0.717, 1.165) is 31.4 Å². The van der Waals surface area contributed by atoms with Gasteiger partial charge >= 0.3 is 0 Å². The van der Waals surface area contributed by atoms with E-state index in [1.54, 1.807) is 13.1 Å². The number of benzene rings is 2. The van der Waals surface area contributed by atoms with Crippen LogP contribution in [0.2, 0.25) is 0 Å². The van der Waals surface area contributed by atoms with Crippen LogP contribution in [0.4, 0.5) is 0 Å². The summed E-state index contributed by atoms with van der Waals surface area (Å²) in [6, 6.07) is 19.7. The zero-order chi connectivity index (χ0) is 19.5. The summed E-state index contributed by atoms with van der Waals surface area (Å²) in [5.74, 6) is -0.0620. The van der Waals surface area contributed by atoms with Crippen LogP contribution >= 0.6 is 0 Å². The molecule has 1 amide bonds. The van der Waals surface area contributed by atoms with Gasteiger partial charge in [-0.1, -0.05) is 48.5 Å². The Labute approximate surface area is 164 Å². The third-order valence-corrected chi connectivity index (χ3v) is 5.59. The molecule has 2 heterocycles. The fourth-order valence-electron chi connectivity index (χ4n) is 3.83. The average molecular weight is 375 g/mol. The van der Waals surface area contributed by atoms with E-state index in [0.29, 0.717) is 24.2 Å². The van der Waals surface area contributed by atoms with Crippen LogP contribution in [0.25, 0.3) is 10.8 Å². The van der Waals surface area contributed by atoms with Gasteiger partial charge in [0.1, 0.15) is 5.69 Å². The van der Waals surface area contributed by atoms with E-state index in [4.69, 9.17) is 0 Å². The molecule has 1 aliphatic heterocycles. The van der Waals surface area contributed by atoms with Gasteiger partial charge in [-0.25, -0.2) is 0 Å². The van der Waals surface area contributed by atoms with Gasteiger partial charge < -0.3 is 9.47 Å². The number of hydrogen-bond acceptors (Lipinski definition) is 3. The maximum Gasteiger partial charge on any atom is 0.270 e. The molecule has 0 unspecified atom stereocenters. The highest BCUT2D eigenvalue weighted by atomic mass is 16.2. The number of rotatable bonds is 4. The lowest BCUT2D eigenvalue weighted by molar-refractivity contribution is 0.0628. The van der Waals surface area contributed by atoms with Crippen LogP contribution in [0, 0.1) is 0 Å². The minimum atomic E-state index is -0.122. The van der Waals surface area contributed by atoms with Gasteiger partial charge in [-0.2, -0.15) is 0 Å². The molecule has 4 rings (SSSR count). The molecule has 0 atom stereocenters. The summed E-state index contributed by atoms with van der Waals surface area (Å²) in [5, 5.41) is 1.46. The first-order chi connectivity index (χ1) is 13.6. The van der Waals surface area contributed by atoms with Crippen molar-refractivity contribution in [3.8, 4) is 0 Å². The summed E-state index contributed by atoms with van der Waals surface area (Å²) < 4.78 is 1.48. The predicted octanol–water partition coefficient (Wildman–Crippen LogP) is 2.54. The van der Waals surface area contributed by atoms with E-state index in [2.05, 4.69) is 29.2 Å². The fraction of sp³-hybridized carbons (Fsp3) is 0.304. The number of piperazine rings is 1. The second kappa shape index (κ2) is 7.98. The largest absolute Gasteiger partial charge is 0.335 e. The molecule has 0 spiro atoms. The minimum absolute atomic E-state index is 0.0620. The summed E-state index contributed by atoms with van der Waals surface area (Å²) >= 11 is 0. The van der Waals surface area contributed by atoms with Crippen molar-refractivity contribution >= 4 is 16.7 Å². The van der Waals surface area contributed by atoms with Gasteiger partial charge in [0.2, 0.25) is 0 Å². The first kappa shape index (κ1) is 18.4. The minimum Gasteiger partial charge on any atom is -0.335 e. The molecule has 1 aromatic heterocycles. The molecule has 0 aliphatic carbocycles. The zero-order valence-electron chi connectivity index (χ0n) is 16.2. The molecule has 144 valence electrons. The molecule has 5 heteroatoms. The van der Waals surface area contributed by atoms with Gasteiger partial charge in [0.15, 0.2) is 0 Å². The topological polar surface area (TPSA) is 45.6 Å². The number of carbonyl (C=O) groups is 1. The normalized spacial score (nSPS) is 15.1. The standard InChI is InChI=1S/C23H25N3O2/c1-24-21(17-19-9-5-6-10-20(19)22(24)27)23(28)26-15-13-25(14-16-26)12-11-18-7-3-2-4-8-18/h2-10,17H,11-16H2,1H3. The summed E-state index contributed by atoms with van der Waals surface area (Å²) in [7, 11) is 1.68. The molecule has 0 N–H and O–H groups in total. The number of amides is 1. The average Bonchev–Trinajstić information content (AvgIpc) is 2.75. The van der Waals surface area contributed by atoms with E-state index in [1.807, 2.05) is 35.2 Å². The van der Waals surface area contributed by atoms with Crippen LogP contribution in [-0.2, 0) is 13.5 Å². The molecule has 0 radical (unpaired) electrons. The maximum absolute atomic E-state index is 13.1. The third-order valence-electron chi connectivity index (χ3n) is 5.59. The molecule has 0 bridgehead atoms. The summed E-state index contributed by atoms with van der Waals surface area (Å²) in [6.45, 7) is 4.10. The quantitative estimate of drug-likeness (QED) is 0.704. The molecule has 5 nitrogen and oxygen atoms in total. The number of fused-ring (bicyclic) bond motifs is 1. The number of aromatic nitrogens is 1. The highest BCUT2D eigenvalue weighted by Crippen LogP contribution is 2.14. The Bertz CT molecular complexity index is 1030. The molecular weight excluding hydrogens is 350 g/mol. The third kappa shape index (κ3) is 3.71. The SMILES string of the molecule is Cn1c(C(=O)N2CCN(CCc3ccccc3)CC2)cc2ccccc2c1=O. The predicted molar refractivity (Wildman–Crippen MR) is 112 cm³/mol. The molecule has 28 heavy (non-hydrogen) atoms. The maximum atomic E-state index is 13.1. The van der Waals surface area contributed by atoms with Crippen molar-refractivity contribution in [1.82, 2.24) is 14.4 Å². The second-order valence-corrected chi connectivity index (χ2v) is 7.35. The molecule has 3 aromatic rings. The first-order valence-electron chi connectivity index (χ1n) is 9.78. The summed E-state index contributed by atoms with van der Waals surface area (Å²) in [4.78, 5) is 29.9. The number of carbonyl (C=O) groups excluding carboxylic acids is 1. The monoisotopic (exact) mass is 375 g/mol. The van der Waals surface area contributed by atoms with E-state index < -0.39 is 0 Å². The Hall–Kier alpha value is -2.92. The lowest BCUT2D eigenvalue weighted by Gasteiger charge is -2.35. The lowest BCUT2D eigenvalue weighted by Crippen LogP contribution is -2.49. The molecule has 1 aliphatic rings. The Morgan fingerprint density at radius 1 is 0.929 bits per heavy atom. The van der Waals surface area contributed by atoms with Crippen molar-refractivity contribution in [2.45, 2.75) is 6.42 Å². The number of hydrogen-bond donors (Lipinski definition) is 0. The number of pyridine rings is 1. The highest BCUT2D eigenvalue weighted by molar-refractivity contribution is 5.96. The van der Waals surface area contributed by atoms with E-state index >= 15 is 0 Å². The van der Waals surface area contributed by atoms with E-state index in [-0.39, 0.29) is 11.5 Å². The zero-order valence-corrected chi connectivity index (χ0v) is 16.2. The second-order valence-electron chi connectivity index (χ2n) is 7.35. The Morgan fingerprint density at radius 2 is 1.61 bits per heavy atom. The molecule has 2 aromatic carbocycles. The van der Waals surface area contributed by atoms with Crippen molar-refractivity contribution in [3.63, 3.8) is 0 Å². The molecule has 1 saturated heterocycles. The Kier molecular flexibility index (Phi) is 5.26. The van der Waals surface area contributed by atoms with Gasteiger partial charge in [0.25, 0.3) is 11.5 Å². The van der Waals surface area contributed by atoms with Crippen LogP contribution < -0.4 is 5.56 Å². The van der Waals surface area contributed by atoms with Crippen LogP contribution in [0.5, 0.6) is 0 Å².